The minimum Gasteiger partial charge on any atom is -0.490 e. The van der Waals surface area contributed by atoms with E-state index in [0.717, 1.165) is 18.4 Å². The summed E-state index contributed by atoms with van der Waals surface area (Å²) in [6.07, 6.45) is 2.48. The molecule has 102 valence electrons. The van der Waals surface area contributed by atoms with Gasteiger partial charge in [-0.2, -0.15) is 5.26 Å². The van der Waals surface area contributed by atoms with Crippen LogP contribution in [-0.2, 0) is 0 Å². The SMILES string of the molecule is CNC(C)c1ccc(OCC2(CC#N)CC2)c(F)c1. The number of nitrogens with zero attached hydrogens (tertiary/aromatic N) is 1. The lowest BCUT2D eigenvalue weighted by molar-refractivity contribution is 0.227. The first-order valence-corrected chi connectivity index (χ1v) is 6.57. The number of nitrogens with one attached hydrogen (secondary N) is 1. The molecule has 1 saturated carbocycles. The standard InChI is InChI=1S/C15H19FN2O/c1-11(18-2)12-3-4-14(13(16)9-12)19-10-15(5-6-15)7-8-17/h3-4,9,11,18H,5-7,10H2,1-2H3. The van der Waals surface area contributed by atoms with E-state index in [-0.39, 0.29) is 23.0 Å². The molecule has 19 heavy (non-hydrogen) atoms. The molecule has 1 N–H and O–H groups in total. The van der Waals surface area contributed by atoms with Gasteiger partial charge in [0.2, 0.25) is 0 Å². The fraction of sp³-hybridized carbons (Fsp3) is 0.533. The molecule has 1 atom stereocenters. The van der Waals surface area contributed by atoms with E-state index in [2.05, 4.69) is 11.4 Å². The van der Waals surface area contributed by atoms with Crippen LogP contribution >= 0.6 is 0 Å². The lowest BCUT2D eigenvalue weighted by atomic mass is 10.1. The van der Waals surface area contributed by atoms with E-state index in [9.17, 15) is 4.39 Å². The van der Waals surface area contributed by atoms with Crippen LogP contribution in [0.5, 0.6) is 5.75 Å². The summed E-state index contributed by atoms with van der Waals surface area (Å²) in [5, 5.41) is 11.8. The zero-order valence-corrected chi connectivity index (χ0v) is 11.4. The second kappa shape index (κ2) is 5.58. The van der Waals surface area contributed by atoms with Crippen LogP contribution in [0.3, 0.4) is 0 Å². The molecule has 1 unspecified atom stereocenters. The van der Waals surface area contributed by atoms with E-state index >= 15 is 0 Å². The van der Waals surface area contributed by atoms with Gasteiger partial charge in [0.1, 0.15) is 0 Å². The van der Waals surface area contributed by atoms with Crippen LogP contribution < -0.4 is 10.1 Å². The molecular formula is C15H19FN2O. The predicted molar refractivity (Wildman–Crippen MR) is 71.3 cm³/mol. The molecule has 0 amide bonds. The first-order chi connectivity index (χ1) is 9.10. The van der Waals surface area contributed by atoms with Crippen molar-refractivity contribution in [3.05, 3.63) is 29.6 Å². The normalized spacial score (nSPS) is 17.6. The molecule has 2 rings (SSSR count). The van der Waals surface area contributed by atoms with Gasteiger partial charge in [-0.05, 0) is 44.5 Å². The maximum atomic E-state index is 13.9. The van der Waals surface area contributed by atoms with E-state index in [4.69, 9.17) is 10.00 Å². The summed E-state index contributed by atoms with van der Waals surface area (Å²) >= 11 is 0. The Balaban J connectivity index is 2.00. The van der Waals surface area contributed by atoms with E-state index in [0.29, 0.717) is 13.0 Å². The lowest BCUT2D eigenvalue weighted by Crippen LogP contribution is -2.14. The molecular weight excluding hydrogens is 243 g/mol. The summed E-state index contributed by atoms with van der Waals surface area (Å²) < 4.78 is 19.4. The van der Waals surface area contributed by atoms with E-state index in [1.54, 1.807) is 6.07 Å². The Morgan fingerprint density at radius 3 is 2.79 bits per heavy atom. The van der Waals surface area contributed by atoms with Crippen molar-refractivity contribution in [2.75, 3.05) is 13.7 Å². The quantitative estimate of drug-likeness (QED) is 0.856. The fourth-order valence-electron chi connectivity index (χ4n) is 2.02. The van der Waals surface area contributed by atoms with Crippen LogP contribution in [0.15, 0.2) is 18.2 Å². The summed E-state index contributed by atoms with van der Waals surface area (Å²) in [6, 6.07) is 7.31. The molecule has 1 aliphatic rings. The summed E-state index contributed by atoms with van der Waals surface area (Å²) in [6.45, 7) is 2.40. The average molecular weight is 262 g/mol. The van der Waals surface area contributed by atoms with Gasteiger partial charge in [0.05, 0.1) is 12.7 Å². The Morgan fingerprint density at radius 1 is 1.53 bits per heavy atom. The highest BCUT2D eigenvalue weighted by Crippen LogP contribution is 2.48. The molecule has 1 aliphatic carbocycles. The Morgan fingerprint density at radius 2 is 2.26 bits per heavy atom. The van der Waals surface area contributed by atoms with E-state index in [1.165, 1.54) is 6.07 Å². The number of ether oxygens (including phenoxy) is 1. The Kier molecular flexibility index (Phi) is 4.06. The minimum atomic E-state index is -0.340. The average Bonchev–Trinajstić information content (AvgIpc) is 3.17. The van der Waals surface area contributed by atoms with Gasteiger partial charge in [0.25, 0.3) is 0 Å². The number of rotatable bonds is 6. The van der Waals surface area contributed by atoms with Crippen molar-refractivity contribution in [1.29, 1.82) is 5.26 Å². The van der Waals surface area contributed by atoms with Crippen LogP contribution in [0.4, 0.5) is 4.39 Å². The van der Waals surface area contributed by atoms with Crippen molar-refractivity contribution in [3.63, 3.8) is 0 Å². The van der Waals surface area contributed by atoms with E-state index in [1.807, 2.05) is 20.0 Å². The van der Waals surface area contributed by atoms with Crippen molar-refractivity contribution >= 4 is 0 Å². The van der Waals surface area contributed by atoms with Crippen molar-refractivity contribution in [3.8, 4) is 11.8 Å². The van der Waals surface area contributed by atoms with Gasteiger partial charge in [-0.3, -0.25) is 0 Å². The van der Waals surface area contributed by atoms with Gasteiger partial charge in [0, 0.05) is 17.9 Å². The summed E-state index contributed by atoms with van der Waals surface area (Å²) in [5.74, 6) is -0.0661. The summed E-state index contributed by atoms with van der Waals surface area (Å²) in [4.78, 5) is 0. The summed E-state index contributed by atoms with van der Waals surface area (Å²) in [7, 11) is 1.84. The zero-order valence-electron chi connectivity index (χ0n) is 11.4. The minimum absolute atomic E-state index is 0.0296. The van der Waals surface area contributed by atoms with Crippen molar-refractivity contribution in [2.45, 2.75) is 32.2 Å². The second-order valence-corrected chi connectivity index (χ2v) is 5.32. The number of nitriles is 1. The highest BCUT2D eigenvalue weighted by Gasteiger charge is 2.43. The van der Waals surface area contributed by atoms with Crippen molar-refractivity contribution in [2.24, 2.45) is 5.41 Å². The van der Waals surface area contributed by atoms with Gasteiger partial charge >= 0.3 is 0 Å². The Bertz CT molecular complexity index is 491. The number of benzene rings is 1. The van der Waals surface area contributed by atoms with Crippen LogP contribution in [0.1, 0.15) is 37.8 Å². The third kappa shape index (κ3) is 3.24. The van der Waals surface area contributed by atoms with Crippen LogP contribution in [0, 0.1) is 22.6 Å². The van der Waals surface area contributed by atoms with E-state index < -0.39 is 0 Å². The molecule has 0 spiro atoms. The highest BCUT2D eigenvalue weighted by molar-refractivity contribution is 5.31. The third-order valence-corrected chi connectivity index (χ3v) is 3.83. The van der Waals surface area contributed by atoms with Crippen LogP contribution in [0.25, 0.3) is 0 Å². The Labute approximate surface area is 113 Å². The topological polar surface area (TPSA) is 45.0 Å². The number of hydrogen-bond donors (Lipinski definition) is 1. The first kappa shape index (κ1) is 13.8. The molecule has 0 saturated heterocycles. The number of hydrogen-bond acceptors (Lipinski definition) is 3. The van der Waals surface area contributed by atoms with Crippen molar-refractivity contribution < 1.29 is 9.13 Å². The smallest absolute Gasteiger partial charge is 0.165 e. The monoisotopic (exact) mass is 262 g/mol. The van der Waals surface area contributed by atoms with Crippen molar-refractivity contribution in [1.82, 2.24) is 5.32 Å². The zero-order chi connectivity index (χ0) is 13.9. The largest absolute Gasteiger partial charge is 0.490 e. The summed E-state index contributed by atoms with van der Waals surface area (Å²) in [5.41, 5.74) is 0.864. The van der Waals surface area contributed by atoms with Gasteiger partial charge in [-0.15, -0.1) is 0 Å². The third-order valence-electron chi connectivity index (χ3n) is 3.83. The van der Waals surface area contributed by atoms with Gasteiger partial charge in [0.15, 0.2) is 11.6 Å². The molecule has 4 heteroatoms. The van der Waals surface area contributed by atoms with Gasteiger partial charge in [-0.1, -0.05) is 6.07 Å². The van der Waals surface area contributed by atoms with Gasteiger partial charge in [-0.25, -0.2) is 4.39 Å². The molecule has 0 aliphatic heterocycles. The molecule has 3 nitrogen and oxygen atoms in total. The first-order valence-electron chi connectivity index (χ1n) is 6.57. The molecule has 1 aromatic carbocycles. The second-order valence-electron chi connectivity index (χ2n) is 5.32. The van der Waals surface area contributed by atoms with Crippen LogP contribution in [0.2, 0.25) is 0 Å². The van der Waals surface area contributed by atoms with Gasteiger partial charge < -0.3 is 10.1 Å². The number of halogens is 1. The lowest BCUT2D eigenvalue weighted by Gasteiger charge is -2.15. The molecule has 0 aromatic heterocycles. The maximum Gasteiger partial charge on any atom is 0.165 e. The molecule has 1 fully saturated rings. The molecule has 1 aromatic rings. The fourth-order valence-corrected chi connectivity index (χ4v) is 2.02. The predicted octanol–water partition coefficient (Wildman–Crippen LogP) is 3.18. The maximum absolute atomic E-state index is 13.9. The van der Waals surface area contributed by atoms with Crippen LogP contribution in [-0.4, -0.2) is 13.7 Å². The Hall–Kier alpha value is -1.60. The molecule has 0 heterocycles. The molecule has 0 bridgehead atoms. The molecule has 0 radical (unpaired) electrons. The highest BCUT2D eigenvalue weighted by atomic mass is 19.1.